The van der Waals surface area contributed by atoms with Gasteiger partial charge in [-0.1, -0.05) is 0 Å². The standard InChI is InChI=1S/C18H12F9N3O2/c1-32-14(9-6-29-15(30-7-9)18(25,26)27)12(5-28)13(31)8-2-10(16(19,20)21)4-11(3-8)17(22,23)24/h2-4,6-7,12-14,31H,1H3. The number of benzene rings is 1. The van der Waals surface area contributed by atoms with E-state index in [4.69, 9.17) is 4.74 Å². The van der Waals surface area contributed by atoms with Gasteiger partial charge in [0.15, 0.2) is 0 Å². The van der Waals surface area contributed by atoms with E-state index in [9.17, 15) is 49.9 Å². The molecule has 14 heteroatoms. The normalized spacial score (nSPS) is 15.7. The Hall–Kier alpha value is -2.92. The van der Waals surface area contributed by atoms with Crippen LogP contribution in [-0.4, -0.2) is 22.2 Å². The van der Waals surface area contributed by atoms with E-state index in [1.165, 1.54) is 6.07 Å². The van der Waals surface area contributed by atoms with Crippen LogP contribution in [0.1, 0.15) is 40.3 Å². The molecule has 0 saturated heterocycles. The Morgan fingerprint density at radius 2 is 1.31 bits per heavy atom. The largest absolute Gasteiger partial charge is 0.451 e. The van der Waals surface area contributed by atoms with Crippen molar-refractivity contribution in [1.82, 2.24) is 9.97 Å². The third-order valence-electron chi connectivity index (χ3n) is 4.27. The molecule has 0 radical (unpaired) electrons. The minimum absolute atomic E-state index is 0.158. The fourth-order valence-electron chi connectivity index (χ4n) is 2.78. The van der Waals surface area contributed by atoms with Crippen molar-refractivity contribution in [3.8, 4) is 6.07 Å². The number of halogens is 9. The van der Waals surface area contributed by atoms with Gasteiger partial charge in [-0.15, -0.1) is 0 Å². The lowest BCUT2D eigenvalue weighted by atomic mass is 9.87. The summed E-state index contributed by atoms with van der Waals surface area (Å²) in [6.45, 7) is 0. The summed E-state index contributed by atoms with van der Waals surface area (Å²) in [6, 6.07) is 1.81. The van der Waals surface area contributed by atoms with Gasteiger partial charge in [-0.3, -0.25) is 0 Å². The fourth-order valence-corrected chi connectivity index (χ4v) is 2.78. The molecule has 1 aromatic carbocycles. The minimum atomic E-state index is -5.19. The van der Waals surface area contributed by atoms with Crippen LogP contribution < -0.4 is 0 Å². The molecule has 0 saturated carbocycles. The predicted octanol–water partition coefficient (Wildman–Crippen LogP) is 5.09. The summed E-state index contributed by atoms with van der Waals surface area (Å²) in [4.78, 5) is 6.11. The number of aliphatic hydroxyl groups is 1. The summed E-state index contributed by atoms with van der Waals surface area (Å²) >= 11 is 0. The highest BCUT2D eigenvalue weighted by Crippen LogP contribution is 2.41. The maximum absolute atomic E-state index is 13.1. The van der Waals surface area contributed by atoms with Crippen molar-refractivity contribution in [2.24, 2.45) is 5.92 Å². The van der Waals surface area contributed by atoms with Crippen molar-refractivity contribution >= 4 is 0 Å². The summed E-state index contributed by atoms with van der Waals surface area (Å²) in [6.07, 6.45) is -17.9. The Morgan fingerprint density at radius 3 is 1.66 bits per heavy atom. The average molecular weight is 473 g/mol. The molecule has 5 nitrogen and oxygen atoms in total. The quantitative estimate of drug-likeness (QED) is 0.612. The Bertz CT molecular complexity index is 947. The first kappa shape index (κ1) is 25.3. The lowest BCUT2D eigenvalue weighted by Crippen LogP contribution is -2.23. The molecule has 2 aromatic rings. The maximum Gasteiger partial charge on any atom is 0.451 e. The second-order valence-corrected chi connectivity index (χ2v) is 6.43. The molecule has 0 aliphatic carbocycles. The molecule has 2 rings (SSSR count). The van der Waals surface area contributed by atoms with Gasteiger partial charge in [0, 0.05) is 25.1 Å². The topological polar surface area (TPSA) is 79.0 Å². The second kappa shape index (κ2) is 8.91. The van der Waals surface area contributed by atoms with Gasteiger partial charge < -0.3 is 9.84 Å². The van der Waals surface area contributed by atoms with E-state index < -0.39 is 59.2 Å². The van der Waals surface area contributed by atoms with Crippen molar-refractivity contribution in [1.29, 1.82) is 5.26 Å². The van der Waals surface area contributed by atoms with Gasteiger partial charge in [0.2, 0.25) is 5.82 Å². The molecule has 1 N–H and O–H groups in total. The molecule has 0 spiro atoms. The van der Waals surface area contributed by atoms with E-state index in [1.807, 2.05) is 0 Å². The molecule has 174 valence electrons. The molecule has 0 aliphatic heterocycles. The van der Waals surface area contributed by atoms with Gasteiger partial charge >= 0.3 is 18.5 Å². The summed E-state index contributed by atoms with van der Waals surface area (Å²) in [5.41, 5.74) is -4.60. The smallest absolute Gasteiger partial charge is 0.387 e. The van der Waals surface area contributed by atoms with Gasteiger partial charge in [0.1, 0.15) is 12.0 Å². The van der Waals surface area contributed by atoms with E-state index >= 15 is 0 Å². The minimum Gasteiger partial charge on any atom is -0.387 e. The molecule has 0 aliphatic rings. The molecule has 32 heavy (non-hydrogen) atoms. The van der Waals surface area contributed by atoms with Crippen LogP contribution in [0.25, 0.3) is 0 Å². The average Bonchev–Trinajstić information content (AvgIpc) is 2.69. The number of rotatable bonds is 5. The van der Waals surface area contributed by atoms with Crippen LogP contribution in [0.3, 0.4) is 0 Å². The van der Waals surface area contributed by atoms with E-state index in [0.29, 0.717) is 12.4 Å². The van der Waals surface area contributed by atoms with Crippen LogP contribution in [0.4, 0.5) is 39.5 Å². The monoisotopic (exact) mass is 473 g/mol. The van der Waals surface area contributed by atoms with Crippen molar-refractivity contribution in [2.75, 3.05) is 7.11 Å². The Balaban J connectivity index is 2.51. The third-order valence-corrected chi connectivity index (χ3v) is 4.27. The number of nitrogens with zero attached hydrogens (tertiary/aromatic N) is 3. The number of aromatic nitrogens is 2. The fraction of sp³-hybridized carbons (Fsp3) is 0.389. The van der Waals surface area contributed by atoms with Crippen molar-refractivity contribution in [2.45, 2.75) is 30.7 Å². The van der Waals surface area contributed by atoms with Crippen LogP contribution in [-0.2, 0) is 23.3 Å². The Morgan fingerprint density at radius 1 is 0.844 bits per heavy atom. The molecule has 0 fully saturated rings. The zero-order valence-electron chi connectivity index (χ0n) is 15.7. The predicted molar refractivity (Wildman–Crippen MR) is 87.3 cm³/mol. The zero-order chi connectivity index (χ0) is 24.5. The van der Waals surface area contributed by atoms with E-state index in [1.54, 1.807) is 0 Å². The van der Waals surface area contributed by atoms with E-state index in [0.717, 1.165) is 7.11 Å². The molecule has 1 aromatic heterocycles. The van der Waals surface area contributed by atoms with E-state index in [-0.39, 0.29) is 23.8 Å². The number of alkyl halides is 9. The van der Waals surface area contributed by atoms with Crippen LogP contribution in [0.5, 0.6) is 0 Å². The molecule has 1 heterocycles. The molecular formula is C18H12F9N3O2. The SMILES string of the molecule is COC(c1cnc(C(F)(F)F)nc1)C(C#N)C(O)c1cc(C(F)(F)F)cc(C(F)(F)F)c1. The highest BCUT2D eigenvalue weighted by molar-refractivity contribution is 5.36. The third kappa shape index (κ3) is 5.65. The zero-order valence-corrected chi connectivity index (χ0v) is 15.7. The van der Waals surface area contributed by atoms with E-state index in [2.05, 4.69) is 9.97 Å². The molecular weight excluding hydrogens is 461 g/mol. The Kier molecular flexibility index (Phi) is 7.05. The van der Waals surface area contributed by atoms with Crippen molar-refractivity contribution in [3.05, 3.63) is 58.7 Å². The van der Waals surface area contributed by atoms with Crippen molar-refractivity contribution in [3.63, 3.8) is 0 Å². The first-order valence-corrected chi connectivity index (χ1v) is 8.38. The number of nitriles is 1. The number of hydrogen-bond acceptors (Lipinski definition) is 5. The van der Waals surface area contributed by atoms with Crippen LogP contribution in [0.15, 0.2) is 30.6 Å². The van der Waals surface area contributed by atoms with Gasteiger partial charge in [-0.2, -0.15) is 44.8 Å². The Labute approximate surface area is 174 Å². The molecule has 3 unspecified atom stereocenters. The number of methoxy groups -OCH3 is 1. The van der Waals surface area contributed by atoms with Gasteiger partial charge in [-0.25, -0.2) is 9.97 Å². The molecule has 0 amide bonds. The summed E-state index contributed by atoms with van der Waals surface area (Å²) in [5.74, 6) is -3.36. The first-order chi connectivity index (χ1) is 14.6. The van der Waals surface area contributed by atoms with Crippen LogP contribution in [0.2, 0.25) is 0 Å². The summed E-state index contributed by atoms with van der Waals surface area (Å²) < 4.78 is 121. The lowest BCUT2D eigenvalue weighted by Gasteiger charge is -2.26. The lowest BCUT2D eigenvalue weighted by molar-refractivity contribution is -0.145. The highest BCUT2D eigenvalue weighted by Gasteiger charge is 2.40. The second-order valence-electron chi connectivity index (χ2n) is 6.43. The number of aliphatic hydroxyl groups excluding tert-OH is 1. The first-order valence-electron chi connectivity index (χ1n) is 8.38. The summed E-state index contributed by atoms with van der Waals surface area (Å²) in [7, 11) is 0.965. The highest BCUT2D eigenvalue weighted by atomic mass is 19.4. The van der Waals surface area contributed by atoms with Gasteiger partial charge in [0.05, 0.1) is 23.3 Å². The van der Waals surface area contributed by atoms with Gasteiger partial charge in [-0.05, 0) is 23.8 Å². The molecule has 3 atom stereocenters. The van der Waals surface area contributed by atoms with Crippen LogP contribution in [0, 0.1) is 17.2 Å². The van der Waals surface area contributed by atoms with Crippen LogP contribution >= 0.6 is 0 Å². The summed E-state index contributed by atoms with van der Waals surface area (Å²) in [5, 5.41) is 19.9. The number of ether oxygens (including phenoxy) is 1. The maximum atomic E-state index is 13.1. The van der Waals surface area contributed by atoms with Crippen molar-refractivity contribution < 1.29 is 49.4 Å². The van der Waals surface area contributed by atoms with Gasteiger partial charge in [0.25, 0.3) is 0 Å². The number of hydrogen-bond donors (Lipinski definition) is 1. The molecule has 0 bridgehead atoms.